The molecule has 0 spiro atoms. The van der Waals surface area contributed by atoms with Gasteiger partial charge in [0.05, 0.1) is 12.5 Å². The van der Waals surface area contributed by atoms with Crippen molar-refractivity contribution in [1.82, 2.24) is 4.98 Å². The van der Waals surface area contributed by atoms with Crippen molar-refractivity contribution in [3.8, 4) is 11.1 Å². The molecule has 1 aromatic heterocycles. The zero-order chi connectivity index (χ0) is 20.4. The van der Waals surface area contributed by atoms with E-state index in [0.717, 1.165) is 34.9 Å². The van der Waals surface area contributed by atoms with Crippen molar-refractivity contribution in [3.63, 3.8) is 0 Å². The Morgan fingerprint density at radius 3 is 2.79 bits per heavy atom. The van der Waals surface area contributed by atoms with E-state index in [2.05, 4.69) is 4.98 Å². The number of esters is 1. The number of H-pyrrole nitrogens is 1. The van der Waals surface area contributed by atoms with E-state index in [0.29, 0.717) is 30.4 Å². The molecule has 6 heteroatoms. The minimum Gasteiger partial charge on any atom is -0.466 e. The van der Waals surface area contributed by atoms with E-state index >= 15 is 0 Å². The second kappa shape index (κ2) is 8.29. The summed E-state index contributed by atoms with van der Waals surface area (Å²) in [6.45, 7) is 3.35. The molecule has 0 bridgehead atoms. The van der Waals surface area contributed by atoms with Gasteiger partial charge in [-0.05, 0) is 43.5 Å². The van der Waals surface area contributed by atoms with E-state index in [9.17, 15) is 9.59 Å². The summed E-state index contributed by atoms with van der Waals surface area (Å²) in [6, 6.07) is 15.3. The fraction of sp³-hybridized carbons (Fsp3) is 0.304. The summed E-state index contributed by atoms with van der Waals surface area (Å²) in [5, 5.41) is 1.49. The van der Waals surface area contributed by atoms with Gasteiger partial charge < -0.3 is 14.6 Å². The summed E-state index contributed by atoms with van der Waals surface area (Å²) in [5.74, 6) is -0.430. The Morgan fingerprint density at radius 1 is 1.24 bits per heavy atom. The van der Waals surface area contributed by atoms with Crippen LogP contribution in [-0.4, -0.2) is 30.6 Å². The summed E-state index contributed by atoms with van der Waals surface area (Å²) in [6.07, 6.45) is 1.60. The number of nitrogens with one attached hydrogen (secondary N) is 1. The molecule has 2 heterocycles. The number of aromatic nitrogens is 1. The maximum Gasteiger partial charge on any atom is 0.310 e. The summed E-state index contributed by atoms with van der Waals surface area (Å²) in [7, 11) is 0. The minimum atomic E-state index is -0.234. The van der Waals surface area contributed by atoms with Crippen molar-refractivity contribution in [2.24, 2.45) is 5.92 Å². The normalized spacial score (nSPS) is 16.8. The Kier molecular flexibility index (Phi) is 5.58. The Balaban J connectivity index is 1.89. The molecular formula is C23H23ClN2O3. The molecule has 3 aromatic rings. The number of benzene rings is 2. The number of rotatable bonds is 4. The highest BCUT2D eigenvalue weighted by atomic mass is 35.5. The molecular weight excluding hydrogens is 388 g/mol. The first-order valence-corrected chi connectivity index (χ1v) is 10.3. The monoisotopic (exact) mass is 410 g/mol. The molecule has 0 unspecified atom stereocenters. The number of aromatic amines is 1. The molecule has 0 saturated carbocycles. The second-order valence-electron chi connectivity index (χ2n) is 7.27. The maximum atomic E-state index is 13.2. The lowest BCUT2D eigenvalue weighted by Crippen LogP contribution is -2.42. The number of halogens is 1. The van der Waals surface area contributed by atoms with Crippen molar-refractivity contribution in [3.05, 3.63) is 63.9 Å². The third-order valence-corrected chi connectivity index (χ3v) is 5.61. The van der Waals surface area contributed by atoms with Gasteiger partial charge in [0.1, 0.15) is 5.69 Å². The number of anilines is 1. The lowest BCUT2D eigenvalue weighted by atomic mass is 9.94. The molecule has 2 aromatic carbocycles. The van der Waals surface area contributed by atoms with Crippen molar-refractivity contribution >= 4 is 34.2 Å². The molecule has 1 N–H and O–H groups in total. The van der Waals surface area contributed by atoms with Crippen LogP contribution in [0.1, 0.15) is 19.8 Å². The van der Waals surface area contributed by atoms with Gasteiger partial charge in [0.2, 0.25) is 0 Å². The molecule has 150 valence electrons. The summed E-state index contributed by atoms with van der Waals surface area (Å²) < 4.78 is 5.23. The van der Waals surface area contributed by atoms with Gasteiger partial charge in [0.25, 0.3) is 5.56 Å². The van der Waals surface area contributed by atoms with Gasteiger partial charge in [-0.15, -0.1) is 0 Å². The first-order chi connectivity index (χ1) is 14.1. The van der Waals surface area contributed by atoms with E-state index in [1.54, 1.807) is 6.07 Å². The first-order valence-electron chi connectivity index (χ1n) is 9.91. The van der Waals surface area contributed by atoms with Crippen LogP contribution in [-0.2, 0) is 9.53 Å². The molecule has 1 fully saturated rings. The average molecular weight is 411 g/mol. The highest BCUT2D eigenvalue weighted by Crippen LogP contribution is 2.37. The number of piperidine rings is 1. The predicted molar refractivity (Wildman–Crippen MR) is 117 cm³/mol. The molecule has 5 nitrogen and oxygen atoms in total. The predicted octanol–water partition coefficient (Wildman–Crippen LogP) is 4.63. The third-order valence-electron chi connectivity index (χ3n) is 5.37. The number of nitrogens with zero attached hydrogens (tertiary/aromatic N) is 1. The van der Waals surface area contributed by atoms with Gasteiger partial charge in [-0.2, -0.15) is 0 Å². The number of pyridine rings is 1. The van der Waals surface area contributed by atoms with Gasteiger partial charge in [-0.25, -0.2) is 0 Å². The van der Waals surface area contributed by atoms with Gasteiger partial charge in [-0.1, -0.05) is 41.9 Å². The Hall–Kier alpha value is -2.79. The van der Waals surface area contributed by atoms with Crippen LogP contribution in [0.15, 0.2) is 53.3 Å². The van der Waals surface area contributed by atoms with Crippen LogP contribution in [0.2, 0.25) is 5.02 Å². The number of hydrogen-bond acceptors (Lipinski definition) is 4. The van der Waals surface area contributed by atoms with Gasteiger partial charge in [0, 0.05) is 34.6 Å². The van der Waals surface area contributed by atoms with Crippen LogP contribution in [0.3, 0.4) is 0 Å². The minimum absolute atomic E-state index is 0.164. The van der Waals surface area contributed by atoms with Crippen molar-refractivity contribution in [2.75, 3.05) is 24.6 Å². The maximum absolute atomic E-state index is 13.2. The molecule has 0 radical (unpaired) electrons. The number of carbonyl (C=O) groups is 1. The lowest BCUT2D eigenvalue weighted by Gasteiger charge is -2.34. The summed E-state index contributed by atoms with van der Waals surface area (Å²) in [5.41, 5.74) is 2.94. The fourth-order valence-corrected chi connectivity index (χ4v) is 4.26. The zero-order valence-corrected chi connectivity index (χ0v) is 17.0. The van der Waals surface area contributed by atoms with Crippen LogP contribution < -0.4 is 10.5 Å². The fourth-order valence-electron chi connectivity index (χ4n) is 4.09. The van der Waals surface area contributed by atoms with E-state index in [1.165, 1.54) is 0 Å². The van der Waals surface area contributed by atoms with Crippen LogP contribution >= 0.6 is 11.6 Å². The highest BCUT2D eigenvalue weighted by molar-refractivity contribution is 6.31. The van der Waals surface area contributed by atoms with Crippen LogP contribution in [0.4, 0.5) is 5.69 Å². The van der Waals surface area contributed by atoms with Gasteiger partial charge >= 0.3 is 5.97 Å². The van der Waals surface area contributed by atoms with E-state index in [-0.39, 0.29) is 17.4 Å². The van der Waals surface area contributed by atoms with Crippen LogP contribution in [0.25, 0.3) is 22.0 Å². The average Bonchev–Trinajstić information content (AvgIpc) is 2.74. The molecule has 1 aliphatic heterocycles. The second-order valence-corrected chi connectivity index (χ2v) is 7.71. The Morgan fingerprint density at radius 2 is 2.03 bits per heavy atom. The zero-order valence-electron chi connectivity index (χ0n) is 16.3. The largest absolute Gasteiger partial charge is 0.466 e. The third kappa shape index (κ3) is 3.87. The van der Waals surface area contributed by atoms with Gasteiger partial charge in [0.15, 0.2) is 0 Å². The highest BCUT2D eigenvalue weighted by Gasteiger charge is 2.30. The number of ether oxygens (including phenoxy) is 1. The number of hydrogen-bond donors (Lipinski definition) is 1. The van der Waals surface area contributed by atoms with Crippen molar-refractivity contribution in [1.29, 1.82) is 0 Å². The van der Waals surface area contributed by atoms with Gasteiger partial charge in [-0.3, -0.25) is 9.59 Å². The molecule has 4 rings (SSSR count). The summed E-state index contributed by atoms with van der Waals surface area (Å²) in [4.78, 5) is 30.5. The Labute approximate surface area is 174 Å². The molecule has 1 aliphatic rings. The molecule has 1 atom stereocenters. The van der Waals surface area contributed by atoms with E-state index in [1.807, 2.05) is 54.3 Å². The number of carbonyl (C=O) groups excluding carboxylic acids is 1. The number of fused-ring (bicyclic) bond motifs is 1. The molecule has 1 saturated heterocycles. The SMILES string of the molecule is CCOC(=O)[C@@H]1CCCN(c2c(-c3ccccc3)c3cc(Cl)ccc3[nH]c2=O)C1. The summed E-state index contributed by atoms with van der Waals surface area (Å²) >= 11 is 6.29. The smallest absolute Gasteiger partial charge is 0.310 e. The standard InChI is InChI=1S/C23H23ClN2O3/c1-2-29-23(28)16-9-6-12-26(14-16)21-20(15-7-4-3-5-8-15)18-13-17(24)10-11-19(18)25-22(21)27/h3-5,7-8,10-11,13,16H,2,6,9,12,14H2,1H3,(H,25,27)/t16-/m1/s1. The van der Waals surface area contributed by atoms with Crippen LogP contribution in [0, 0.1) is 5.92 Å². The lowest BCUT2D eigenvalue weighted by molar-refractivity contribution is -0.148. The first kappa shape index (κ1) is 19.5. The molecule has 0 aliphatic carbocycles. The van der Waals surface area contributed by atoms with Crippen molar-refractivity contribution < 1.29 is 9.53 Å². The van der Waals surface area contributed by atoms with E-state index in [4.69, 9.17) is 16.3 Å². The topological polar surface area (TPSA) is 62.4 Å². The molecule has 0 amide bonds. The van der Waals surface area contributed by atoms with E-state index < -0.39 is 0 Å². The van der Waals surface area contributed by atoms with Crippen LogP contribution in [0.5, 0.6) is 0 Å². The van der Waals surface area contributed by atoms with Crippen molar-refractivity contribution in [2.45, 2.75) is 19.8 Å². The Bertz CT molecular complexity index is 1090. The quantitative estimate of drug-likeness (QED) is 0.637. The molecule has 29 heavy (non-hydrogen) atoms.